The molecule has 0 bridgehead atoms. The van der Waals surface area contributed by atoms with Crippen LogP contribution in [0.4, 0.5) is 10.1 Å². The Kier molecular flexibility index (Phi) is 7.89. The largest absolute Gasteiger partial charge is 0.330 e. The molecule has 0 aliphatic heterocycles. The number of para-hydroxylation sites is 1. The van der Waals surface area contributed by atoms with E-state index in [0.29, 0.717) is 13.1 Å². The molecule has 2 aromatic carbocycles. The molecule has 0 aromatic heterocycles. The smallest absolute Gasteiger partial charge is 0.282 e. The van der Waals surface area contributed by atoms with Crippen LogP contribution in [0.15, 0.2) is 53.4 Å². The first kappa shape index (κ1) is 23.0. The number of hydrogen-bond donors (Lipinski definition) is 2. The summed E-state index contributed by atoms with van der Waals surface area (Å²) in [5.41, 5.74) is 1.05. The summed E-state index contributed by atoms with van der Waals surface area (Å²) in [6.45, 7) is 8.12. The van der Waals surface area contributed by atoms with Gasteiger partial charge in [-0.05, 0) is 38.1 Å². The van der Waals surface area contributed by atoms with Crippen LogP contribution in [0.25, 0.3) is 0 Å². The summed E-state index contributed by atoms with van der Waals surface area (Å²) >= 11 is 0. The number of carbonyl (C=O) groups excluding carboxylic acids is 1. The third-order valence-corrected chi connectivity index (χ3v) is 6.94. The highest BCUT2D eigenvalue weighted by Gasteiger charge is 2.24. The molecule has 6 nitrogen and oxygen atoms in total. The summed E-state index contributed by atoms with van der Waals surface area (Å²) < 4.78 is 40.3. The summed E-state index contributed by atoms with van der Waals surface area (Å²) in [4.78, 5) is 12.6. The zero-order chi connectivity index (χ0) is 21.6. The molecule has 0 heterocycles. The lowest BCUT2D eigenvalue weighted by molar-refractivity contribution is -0.709. The molecule has 0 saturated carbocycles. The molecule has 2 aromatic rings. The van der Waals surface area contributed by atoms with E-state index in [1.165, 1.54) is 16.4 Å². The number of nitrogens with zero attached hydrogens (tertiary/aromatic N) is 1. The predicted octanol–water partition coefficient (Wildman–Crippen LogP) is 2.51. The van der Waals surface area contributed by atoms with Crippen molar-refractivity contribution in [3.63, 3.8) is 0 Å². The SMILES string of the molecule is CCN(CC)S(=O)(=O)c1ccc([C@H](C)[NH2+][C@@H](C)C(=O)Nc2ccccc2F)cc1. The lowest BCUT2D eigenvalue weighted by Crippen LogP contribution is -2.91. The van der Waals surface area contributed by atoms with Gasteiger partial charge in [0.25, 0.3) is 5.91 Å². The number of hydrogen-bond acceptors (Lipinski definition) is 3. The van der Waals surface area contributed by atoms with Gasteiger partial charge in [0.15, 0.2) is 6.04 Å². The molecule has 0 radical (unpaired) electrons. The Morgan fingerprint density at radius 3 is 2.21 bits per heavy atom. The van der Waals surface area contributed by atoms with Crippen LogP contribution in [0.2, 0.25) is 0 Å². The molecule has 3 N–H and O–H groups in total. The summed E-state index contributed by atoms with van der Waals surface area (Å²) in [6, 6.07) is 12.2. The average Bonchev–Trinajstić information content (AvgIpc) is 2.70. The third-order valence-electron chi connectivity index (χ3n) is 4.87. The quantitative estimate of drug-likeness (QED) is 0.651. The van der Waals surface area contributed by atoms with Gasteiger partial charge >= 0.3 is 0 Å². The summed E-state index contributed by atoms with van der Waals surface area (Å²) in [6.07, 6.45) is 0. The van der Waals surface area contributed by atoms with Gasteiger partial charge in [0.2, 0.25) is 10.0 Å². The molecule has 0 spiro atoms. The summed E-state index contributed by atoms with van der Waals surface area (Å²) in [5.74, 6) is -0.784. The van der Waals surface area contributed by atoms with Gasteiger partial charge in [-0.15, -0.1) is 0 Å². The lowest BCUT2D eigenvalue weighted by Gasteiger charge is -2.20. The van der Waals surface area contributed by atoms with Crippen LogP contribution in [0.1, 0.15) is 39.3 Å². The van der Waals surface area contributed by atoms with Crippen molar-refractivity contribution in [2.24, 2.45) is 0 Å². The van der Waals surface area contributed by atoms with Crippen LogP contribution in [0.5, 0.6) is 0 Å². The number of nitrogens with one attached hydrogen (secondary N) is 1. The Hall–Kier alpha value is -2.29. The van der Waals surface area contributed by atoms with Crippen molar-refractivity contribution < 1.29 is 22.9 Å². The molecule has 2 rings (SSSR count). The lowest BCUT2D eigenvalue weighted by atomic mass is 10.1. The molecule has 0 aliphatic rings. The van der Waals surface area contributed by atoms with Gasteiger partial charge in [-0.2, -0.15) is 4.31 Å². The van der Waals surface area contributed by atoms with E-state index in [1.54, 1.807) is 57.2 Å². The van der Waals surface area contributed by atoms with Crippen LogP contribution in [0, 0.1) is 5.82 Å². The molecule has 0 aliphatic carbocycles. The van der Waals surface area contributed by atoms with Crippen LogP contribution in [0.3, 0.4) is 0 Å². The molecular formula is C21H29FN3O3S+. The van der Waals surface area contributed by atoms with E-state index in [-0.39, 0.29) is 22.5 Å². The standard InChI is InChI=1S/C21H28FN3O3S/c1-5-25(6-2)29(27,28)18-13-11-17(12-14-18)15(3)23-16(4)21(26)24-20-10-8-7-9-19(20)22/h7-16,23H,5-6H2,1-4H3,(H,24,26)/p+1/t15-,16-/m0/s1. The zero-order valence-electron chi connectivity index (χ0n) is 17.2. The Bertz CT molecular complexity index is 928. The Labute approximate surface area is 172 Å². The predicted molar refractivity (Wildman–Crippen MR) is 111 cm³/mol. The fourth-order valence-electron chi connectivity index (χ4n) is 3.10. The number of quaternary nitrogens is 1. The second kappa shape index (κ2) is 9.96. The maximum atomic E-state index is 13.7. The second-order valence-electron chi connectivity index (χ2n) is 6.90. The van der Waals surface area contributed by atoms with E-state index in [2.05, 4.69) is 5.32 Å². The molecular weight excluding hydrogens is 393 g/mol. The molecule has 158 valence electrons. The normalized spacial score (nSPS) is 13.9. The Balaban J connectivity index is 2.04. The van der Waals surface area contributed by atoms with Gasteiger partial charge in [-0.1, -0.05) is 38.1 Å². The van der Waals surface area contributed by atoms with Crippen LogP contribution in [-0.4, -0.2) is 37.8 Å². The summed E-state index contributed by atoms with van der Waals surface area (Å²) in [5, 5.41) is 4.44. The van der Waals surface area contributed by atoms with E-state index in [1.807, 2.05) is 12.2 Å². The Morgan fingerprint density at radius 1 is 1.07 bits per heavy atom. The fourth-order valence-corrected chi connectivity index (χ4v) is 4.55. The molecule has 0 saturated heterocycles. The number of nitrogens with two attached hydrogens (primary N) is 1. The minimum Gasteiger partial charge on any atom is -0.330 e. The molecule has 0 fully saturated rings. The number of sulfonamides is 1. The number of halogens is 1. The first-order valence-electron chi connectivity index (χ1n) is 9.71. The molecule has 29 heavy (non-hydrogen) atoms. The van der Waals surface area contributed by atoms with Gasteiger partial charge in [0.05, 0.1) is 10.6 Å². The maximum Gasteiger partial charge on any atom is 0.282 e. The maximum absolute atomic E-state index is 13.7. The number of benzene rings is 2. The van der Waals surface area contributed by atoms with Crippen molar-refractivity contribution in [3.05, 3.63) is 59.9 Å². The Morgan fingerprint density at radius 2 is 1.66 bits per heavy atom. The summed E-state index contributed by atoms with van der Waals surface area (Å²) in [7, 11) is -3.50. The molecule has 0 unspecified atom stereocenters. The van der Waals surface area contributed by atoms with Crippen LogP contribution < -0.4 is 10.6 Å². The number of amides is 1. The van der Waals surface area contributed by atoms with Crippen molar-refractivity contribution >= 4 is 21.6 Å². The van der Waals surface area contributed by atoms with Gasteiger partial charge in [-0.3, -0.25) is 4.79 Å². The number of carbonyl (C=O) groups is 1. The highest BCUT2D eigenvalue weighted by atomic mass is 32.2. The van der Waals surface area contributed by atoms with Crippen molar-refractivity contribution in [1.82, 2.24) is 4.31 Å². The van der Waals surface area contributed by atoms with Crippen LogP contribution in [-0.2, 0) is 14.8 Å². The first-order chi connectivity index (χ1) is 13.7. The third kappa shape index (κ3) is 5.62. The minimum atomic E-state index is -3.50. The second-order valence-corrected chi connectivity index (χ2v) is 8.84. The van der Waals surface area contributed by atoms with E-state index < -0.39 is 21.9 Å². The van der Waals surface area contributed by atoms with Gasteiger partial charge in [-0.25, -0.2) is 12.8 Å². The topological polar surface area (TPSA) is 83.1 Å². The molecule has 8 heteroatoms. The highest BCUT2D eigenvalue weighted by Crippen LogP contribution is 2.18. The van der Waals surface area contributed by atoms with Crippen molar-refractivity contribution in [3.8, 4) is 0 Å². The first-order valence-corrected chi connectivity index (χ1v) is 11.1. The molecule has 2 atom stereocenters. The van der Waals surface area contributed by atoms with E-state index in [4.69, 9.17) is 0 Å². The van der Waals surface area contributed by atoms with Gasteiger partial charge in [0.1, 0.15) is 11.9 Å². The number of anilines is 1. The monoisotopic (exact) mass is 422 g/mol. The van der Waals surface area contributed by atoms with Gasteiger partial charge in [0, 0.05) is 18.7 Å². The van der Waals surface area contributed by atoms with E-state index in [9.17, 15) is 17.6 Å². The van der Waals surface area contributed by atoms with Crippen LogP contribution >= 0.6 is 0 Å². The fraction of sp³-hybridized carbons (Fsp3) is 0.381. The van der Waals surface area contributed by atoms with Crippen molar-refractivity contribution in [2.75, 3.05) is 18.4 Å². The average molecular weight is 423 g/mol. The molecule has 1 amide bonds. The van der Waals surface area contributed by atoms with E-state index >= 15 is 0 Å². The van der Waals surface area contributed by atoms with E-state index in [0.717, 1.165) is 5.56 Å². The highest BCUT2D eigenvalue weighted by molar-refractivity contribution is 7.89. The van der Waals surface area contributed by atoms with Crippen molar-refractivity contribution in [1.29, 1.82) is 0 Å². The zero-order valence-corrected chi connectivity index (χ0v) is 18.0. The number of rotatable bonds is 9. The van der Waals surface area contributed by atoms with Crippen molar-refractivity contribution in [2.45, 2.75) is 44.7 Å². The van der Waals surface area contributed by atoms with Gasteiger partial charge < -0.3 is 10.6 Å². The minimum absolute atomic E-state index is 0.0819.